The number of nitrogens with one attached hydrogen (secondary N) is 1. The van der Waals surface area contributed by atoms with E-state index in [2.05, 4.69) is 36.2 Å². The maximum Gasteiger partial charge on any atom is 0.131 e. The van der Waals surface area contributed by atoms with Crippen molar-refractivity contribution < 1.29 is 5.11 Å². The van der Waals surface area contributed by atoms with Crippen LogP contribution < -0.4 is 10.2 Å². The molecule has 1 aromatic rings. The van der Waals surface area contributed by atoms with Gasteiger partial charge in [0.2, 0.25) is 0 Å². The topological polar surface area (TPSA) is 53.3 Å². The zero-order valence-electron chi connectivity index (χ0n) is 13.5. The van der Waals surface area contributed by atoms with Crippen molar-refractivity contribution in [2.75, 3.05) is 11.4 Å². The summed E-state index contributed by atoms with van der Waals surface area (Å²) in [6.07, 6.45) is 5.25. The molecular formula is C16H28N4O. The van der Waals surface area contributed by atoms with Gasteiger partial charge in [0.05, 0.1) is 11.8 Å². The molecule has 2 N–H and O–H groups in total. The Bertz CT molecular complexity index is 485. The van der Waals surface area contributed by atoms with Crippen LogP contribution in [0.1, 0.15) is 50.3 Å². The molecule has 0 amide bonds. The van der Waals surface area contributed by atoms with Gasteiger partial charge < -0.3 is 15.3 Å². The Morgan fingerprint density at radius 2 is 1.95 bits per heavy atom. The van der Waals surface area contributed by atoms with Gasteiger partial charge in [-0.25, -0.2) is 0 Å². The zero-order valence-corrected chi connectivity index (χ0v) is 13.5. The summed E-state index contributed by atoms with van der Waals surface area (Å²) in [6, 6.07) is 0.969. The number of fused-ring (bicyclic) bond motifs is 2. The third kappa shape index (κ3) is 2.69. The van der Waals surface area contributed by atoms with Crippen LogP contribution in [0.5, 0.6) is 0 Å². The van der Waals surface area contributed by atoms with Crippen LogP contribution in [0, 0.1) is 6.92 Å². The molecule has 2 atom stereocenters. The highest BCUT2D eigenvalue weighted by Gasteiger charge is 2.42. The van der Waals surface area contributed by atoms with Crippen molar-refractivity contribution in [2.24, 2.45) is 7.05 Å². The van der Waals surface area contributed by atoms with Gasteiger partial charge in [0.15, 0.2) is 0 Å². The number of aromatic nitrogens is 2. The molecule has 0 radical (unpaired) electrons. The lowest BCUT2D eigenvalue weighted by atomic mass is 9.99. The standard InChI is InChI=1S/C16H28N4O/c1-4-7-17-10-15-11(2)18-19(3)16(15)20-12-5-6-13(20)9-14(21)8-12/h12-14,17,21H,4-10H2,1-3H3. The first-order chi connectivity index (χ1) is 10.1. The quantitative estimate of drug-likeness (QED) is 0.812. The minimum atomic E-state index is -0.116. The first-order valence-electron chi connectivity index (χ1n) is 8.31. The van der Waals surface area contributed by atoms with Gasteiger partial charge in [0.1, 0.15) is 5.82 Å². The number of aliphatic hydroxyl groups excluding tert-OH is 1. The van der Waals surface area contributed by atoms with Crippen molar-refractivity contribution in [3.8, 4) is 0 Å². The molecule has 2 fully saturated rings. The highest BCUT2D eigenvalue weighted by molar-refractivity contribution is 5.53. The fraction of sp³-hybridized carbons (Fsp3) is 0.812. The monoisotopic (exact) mass is 292 g/mol. The average molecular weight is 292 g/mol. The molecule has 118 valence electrons. The molecule has 3 rings (SSSR count). The second-order valence-corrected chi connectivity index (χ2v) is 6.61. The summed E-state index contributed by atoms with van der Waals surface area (Å²) in [4.78, 5) is 2.55. The number of aryl methyl sites for hydroxylation is 2. The second kappa shape index (κ2) is 5.97. The molecule has 2 saturated heterocycles. The number of aliphatic hydroxyl groups is 1. The van der Waals surface area contributed by atoms with Gasteiger partial charge in [-0.2, -0.15) is 5.10 Å². The molecule has 21 heavy (non-hydrogen) atoms. The number of rotatable bonds is 5. The Hall–Kier alpha value is -1.07. The van der Waals surface area contributed by atoms with Crippen LogP contribution in [0.3, 0.4) is 0 Å². The molecule has 0 spiro atoms. The van der Waals surface area contributed by atoms with E-state index < -0.39 is 0 Å². The number of hydrogen-bond donors (Lipinski definition) is 2. The van der Waals surface area contributed by atoms with Gasteiger partial charge in [-0.05, 0) is 45.6 Å². The Balaban J connectivity index is 1.88. The van der Waals surface area contributed by atoms with Crippen LogP contribution in [0.15, 0.2) is 0 Å². The maximum absolute atomic E-state index is 10.0. The SMILES string of the molecule is CCCNCc1c(C)nn(C)c1N1C2CCC1CC(O)C2. The molecule has 1 aromatic heterocycles. The highest BCUT2D eigenvalue weighted by Crippen LogP contribution is 2.41. The normalized spacial score (nSPS) is 28.4. The fourth-order valence-electron chi connectivity index (χ4n) is 4.10. The first kappa shape index (κ1) is 14.9. The van der Waals surface area contributed by atoms with Crippen molar-refractivity contribution in [1.29, 1.82) is 0 Å². The predicted octanol–water partition coefficient (Wildman–Crippen LogP) is 1.72. The molecule has 0 aromatic carbocycles. The summed E-state index contributed by atoms with van der Waals surface area (Å²) in [5.41, 5.74) is 2.46. The third-order valence-corrected chi connectivity index (χ3v) is 4.99. The summed E-state index contributed by atoms with van der Waals surface area (Å²) in [5, 5.41) is 18.2. The van der Waals surface area contributed by atoms with Crippen molar-refractivity contribution in [2.45, 2.75) is 70.7 Å². The number of hydrogen-bond acceptors (Lipinski definition) is 4. The largest absolute Gasteiger partial charge is 0.393 e. The average Bonchev–Trinajstić information content (AvgIpc) is 2.84. The minimum Gasteiger partial charge on any atom is -0.393 e. The van der Waals surface area contributed by atoms with Crippen molar-refractivity contribution in [1.82, 2.24) is 15.1 Å². The lowest BCUT2D eigenvalue weighted by Gasteiger charge is -2.39. The van der Waals surface area contributed by atoms with Crippen LogP contribution in [-0.4, -0.2) is 39.6 Å². The summed E-state index contributed by atoms with van der Waals surface area (Å²) in [6.45, 7) is 6.23. The van der Waals surface area contributed by atoms with Gasteiger partial charge in [-0.1, -0.05) is 6.92 Å². The first-order valence-corrected chi connectivity index (χ1v) is 8.31. The van der Waals surface area contributed by atoms with Gasteiger partial charge >= 0.3 is 0 Å². The lowest BCUT2D eigenvalue weighted by Crippen LogP contribution is -2.46. The van der Waals surface area contributed by atoms with E-state index in [-0.39, 0.29) is 6.10 Å². The number of nitrogens with zero attached hydrogens (tertiary/aromatic N) is 3. The highest BCUT2D eigenvalue weighted by atomic mass is 16.3. The Morgan fingerprint density at radius 1 is 1.29 bits per heavy atom. The lowest BCUT2D eigenvalue weighted by molar-refractivity contribution is 0.125. The second-order valence-electron chi connectivity index (χ2n) is 6.61. The van der Waals surface area contributed by atoms with E-state index in [1.165, 1.54) is 24.2 Å². The molecular weight excluding hydrogens is 264 g/mol. The van der Waals surface area contributed by atoms with Crippen LogP contribution in [0.25, 0.3) is 0 Å². The van der Waals surface area contributed by atoms with E-state index in [9.17, 15) is 5.11 Å². The Morgan fingerprint density at radius 3 is 2.57 bits per heavy atom. The summed E-state index contributed by atoms with van der Waals surface area (Å²) < 4.78 is 2.04. The molecule has 0 saturated carbocycles. The molecule has 2 aliphatic heterocycles. The van der Waals surface area contributed by atoms with Gasteiger partial charge in [-0.15, -0.1) is 0 Å². The summed E-state index contributed by atoms with van der Waals surface area (Å²) >= 11 is 0. The van der Waals surface area contributed by atoms with Crippen LogP contribution in [0.4, 0.5) is 5.82 Å². The molecule has 0 aliphatic carbocycles. The van der Waals surface area contributed by atoms with E-state index in [4.69, 9.17) is 0 Å². The van der Waals surface area contributed by atoms with Gasteiger partial charge in [-0.3, -0.25) is 4.68 Å². The Kier molecular flexibility index (Phi) is 4.22. The van der Waals surface area contributed by atoms with Crippen LogP contribution in [0.2, 0.25) is 0 Å². The molecule has 5 nitrogen and oxygen atoms in total. The van der Waals surface area contributed by atoms with E-state index in [1.54, 1.807) is 0 Å². The van der Waals surface area contributed by atoms with Gasteiger partial charge in [0, 0.05) is 31.2 Å². The van der Waals surface area contributed by atoms with E-state index in [0.717, 1.165) is 38.0 Å². The minimum absolute atomic E-state index is 0.116. The molecule has 5 heteroatoms. The van der Waals surface area contributed by atoms with Crippen LogP contribution >= 0.6 is 0 Å². The molecule has 2 aliphatic rings. The summed E-state index contributed by atoms with van der Waals surface area (Å²) in [7, 11) is 2.05. The maximum atomic E-state index is 10.0. The van der Waals surface area contributed by atoms with Gasteiger partial charge in [0.25, 0.3) is 0 Å². The molecule has 2 bridgehead atoms. The Labute approximate surface area is 127 Å². The third-order valence-electron chi connectivity index (χ3n) is 4.99. The molecule has 3 heterocycles. The molecule has 2 unspecified atom stereocenters. The predicted molar refractivity (Wildman–Crippen MR) is 84.5 cm³/mol. The number of piperidine rings is 1. The smallest absolute Gasteiger partial charge is 0.131 e. The van der Waals surface area contributed by atoms with Crippen molar-refractivity contribution in [3.05, 3.63) is 11.3 Å². The summed E-state index contributed by atoms with van der Waals surface area (Å²) in [5.74, 6) is 1.27. The van der Waals surface area contributed by atoms with Crippen molar-refractivity contribution in [3.63, 3.8) is 0 Å². The van der Waals surface area contributed by atoms with E-state index >= 15 is 0 Å². The van der Waals surface area contributed by atoms with Crippen molar-refractivity contribution >= 4 is 5.82 Å². The number of anilines is 1. The fourth-order valence-corrected chi connectivity index (χ4v) is 4.10. The van der Waals surface area contributed by atoms with Crippen LogP contribution in [-0.2, 0) is 13.6 Å². The van der Waals surface area contributed by atoms with E-state index in [0.29, 0.717) is 12.1 Å². The zero-order chi connectivity index (χ0) is 15.0. The van der Waals surface area contributed by atoms with E-state index in [1.807, 2.05) is 4.68 Å².